The summed E-state index contributed by atoms with van der Waals surface area (Å²) in [6.45, 7) is 6.44. The summed E-state index contributed by atoms with van der Waals surface area (Å²) in [5, 5.41) is 8.89. The number of carbonyl (C=O) groups excluding carboxylic acids is 1. The Labute approximate surface area is 55.2 Å². The van der Waals surface area contributed by atoms with Crippen molar-refractivity contribution < 1.29 is 9.90 Å². The fourth-order valence-corrected chi connectivity index (χ4v) is 0.703. The molecule has 52 valence electrons. The van der Waals surface area contributed by atoms with Gasteiger partial charge in [-0.25, -0.2) is 0 Å². The predicted molar refractivity (Wildman–Crippen MR) is 36.0 cm³/mol. The molecule has 0 spiro atoms. The molecule has 2 nitrogen and oxygen atoms in total. The third-order valence-corrected chi connectivity index (χ3v) is 1.24. The Bertz CT molecular complexity index is 116. The normalized spacial score (nSPS) is 16.3. The molecule has 0 fully saturated rings. The zero-order valence-corrected chi connectivity index (χ0v) is 5.79. The molecule has 0 bridgehead atoms. The predicted octanol–water partition coefficient (Wildman–Crippen LogP) is 0.758. The van der Waals surface area contributed by atoms with E-state index in [2.05, 4.69) is 6.58 Å². The molecule has 0 saturated heterocycles. The molecule has 9 heavy (non-hydrogen) atoms. The monoisotopic (exact) mass is 128 g/mol. The van der Waals surface area contributed by atoms with Crippen molar-refractivity contribution in [3.63, 3.8) is 0 Å². The zero-order valence-electron chi connectivity index (χ0n) is 5.79. The van der Waals surface area contributed by atoms with Crippen molar-refractivity contribution in [2.45, 2.75) is 20.0 Å². The standard InChI is InChI=1S/C7H12O2/c1-4-7(5(2)8)6(3)9/h4-5,7-8H,1H2,2-3H3/t5-,7?/m1/s1. The first-order valence-corrected chi connectivity index (χ1v) is 2.90. The molecule has 0 amide bonds. The largest absolute Gasteiger partial charge is 0.392 e. The van der Waals surface area contributed by atoms with Gasteiger partial charge in [0.1, 0.15) is 5.78 Å². The smallest absolute Gasteiger partial charge is 0.139 e. The Balaban J connectivity index is 3.98. The Morgan fingerprint density at radius 3 is 2.22 bits per heavy atom. The van der Waals surface area contributed by atoms with Crippen LogP contribution >= 0.6 is 0 Å². The average Bonchev–Trinajstić information content (AvgIpc) is 1.64. The summed E-state index contributed by atoms with van der Waals surface area (Å²) in [4.78, 5) is 10.6. The van der Waals surface area contributed by atoms with E-state index in [1.165, 1.54) is 13.0 Å². The van der Waals surface area contributed by atoms with E-state index in [1.807, 2.05) is 0 Å². The fraction of sp³-hybridized carbons (Fsp3) is 0.571. The zero-order chi connectivity index (χ0) is 7.44. The van der Waals surface area contributed by atoms with Crippen molar-refractivity contribution in [2.24, 2.45) is 5.92 Å². The minimum absolute atomic E-state index is 0.0417. The van der Waals surface area contributed by atoms with E-state index >= 15 is 0 Å². The number of aliphatic hydroxyl groups is 1. The molecule has 0 radical (unpaired) electrons. The lowest BCUT2D eigenvalue weighted by molar-refractivity contribution is -0.121. The van der Waals surface area contributed by atoms with Gasteiger partial charge < -0.3 is 5.11 Å². The first-order chi connectivity index (χ1) is 4.09. The number of hydrogen-bond acceptors (Lipinski definition) is 2. The average molecular weight is 128 g/mol. The van der Waals surface area contributed by atoms with Crippen LogP contribution in [0.15, 0.2) is 12.7 Å². The highest BCUT2D eigenvalue weighted by atomic mass is 16.3. The van der Waals surface area contributed by atoms with Gasteiger partial charge in [0.2, 0.25) is 0 Å². The van der Waals surface area contributed by atoms with Crippen LogP contribution in [0.25, 0.3) is 0 Å². The molecule has 0 heterocycles. The van der Waals surface area contributed by atoms with Gasteiger partial charge in [0, 0.05) is 0 Å². The topological polar surface area (TPSA) is 37.3 Å². The van der Waals surface area contributed by atoms with Gasteiger partial charge in [0.15, 0.2) is 0 Å². The fourth-order valence-electron chi connectivity index (χ4n) is 0.703. The molecule has 0 saturated carbocycles. The molecular formula is C7H12O2. The van der Waals surface area contributed by atoms with E-state index in [0.717, 1.165) is 0 Å². The molecule has 1 N–H and O–H groups in total. The van der Waals surface area contributed by atoms with E-state index < -0.39 is 12.0 Å². The summed E-state index contributed by atoms with van der Waals surface area (Å²) < 4.78 is 0. The lowest BCUT2D eigenvalue weighted by Gasteiger charge is -2.10. The molecule has 2 heteroatoms. The summed E-state index contributed by atoms with van der Waals surface area (Å²) in [7, 11) is 0. The number of carbonyl (C=O) groups is 1. The van der Waals surface area contributed by atoms with Gasteiger partial charge in [0.05, 0.1) is 12.0 Å². The van der Waals surface area contributed by atoms with Gasteiger partial charge in [-0.2, -0.15) is 0 Å². The maximum Gasteiger partial charge on any atom is 0.139 e. The number of hydrogen-bond donors (Lipinski definition) is 1. The van der Waals surface area contributed by atoms with Crippen LogP contribution in [0.3, 0.4) is 0 Å². The van der Waals surface area contributed by atoms with Crippen LogP contribution in [0.2, 0.25) is 0 Å². The van der Waals surface area contributed by atoms with Crippen LogP contribution in [0.4, 0.5) is 0 Å². The van der Waals surface area contributed by atoms with Crippen LogP contribution in [0.1, 0.15) is 13.8 Å². The summed E-state index contributed by atoms with van der Waals surface area (Å²) in [6.07, 6.45) is 0.854. The van der Waals surface area contributed by atoms with Gasteiger partial charge in [-0.1, -0.05) is 6.08 Å². The highest BCUT2D eigenvalue weighted by Crippen LogP contribution is 2.04. The van der Waals surface area contributed by atoms with Crippen LogP contribution in [-0.2, 0) is 4.79 Å². The molecule has 1 unspecified atom stereocenters. The molecule has 2 atom stereocenters. The third-order valence-electron chi connectivity index (χ3n) is 1.24. The first-order valence-electron chi connectivity index (χ1n) is 2.90. The number of Topliss-reactive ketones (excluding diaryl/α,β-unsaturated/α-hetero) is 1. The van der Waals surface area contributed by atoms with Crippen molar-refractivity contribution in [3.8, 4) is 0 Å². The van der Waals surface area contributed by atoms with Crippen molar-refractivity contribution in [1.29, 1.82) is 0 Å². The molecule has 0 aliphatic heterocycles. The van der Waals surface area contributed by atoms with Crippen LogP contribution in [-0.4, -0.2) is 17.0 Å². The second kappa shape index (κ2) is 3.41. The Morgan fingerprint density at radius 1 is 1.78 bits per heavy atom. The SMILES string of the molecule is C=CC(C(C)=O)[C@@H](C)O. The van der Waals surface area contributed by atoms with Gasteiger partial charge in [0.25, 0.3) is 0 Å². The van der Waals surface area contributed by atoms with Gasteiger partial charge in [-0.05, 0) is 13.8 Å². The van der Waals surface area contributed by atoms with Gasteiger partial charge in [-0.15, -0.1) is 6.58 Å². The lowest BCUT2D eigenvalue weighted by Crippen LogP contribution is -2.21. The minimum atomic E-state index is -0.611. The summed E-state index contributed by atoms with van der Waals surface area (Å²) in [5.41, 5.74) is 0. The Morgan fingerprint density at radius 2 is 2.22 bits per heavy atom. The number of ketones is 1. The number of aliphatic hydroxyl groups excluding tert-OH is 1. The van der Waals surface area contributed by atoms with Crippen LogP contribution in [0.5, 0.6) is 0 Å². The van der Waals surface area contributed by atoms with Crippen molar-refractivity contribution >= 4 is 5.78 Å². The molecule has 0 aliphatic carbocycles. The second-order valence-electron chi connectivity index (χ2n) is 2.11. The maximum absolute atomic E-state index is 10.6. The quantitative estimate of drug-likeness (QED) is 0.570. The van der Waals surface area contributed by atoms with Crippen LogP contribution in [0, 0.1) is 5.92 Å². The molecule has 0 rings (SSSR count). The van der Waals surface area contributed by atoms with E-state index in [-0.39, 0.29) is 5.78 Å². The highest BCUT2D eigenvalue weighted by molar-refractivity contribution is 5.80. The first kappa shape index (κ1) is 8.37. The van der Waals surface area contributed by atoms with E-state index in [9.17, 15) is 4.79 Å². The van der Waals surface area contributed by atoms with Crippen molar-refractivity contribution in [1.82, 2.24) is 0 Å². The molecule has 0 aromatic heterocycles. The van der Waals surface area contributed by atoms with E-state index in [1.54, 1.807) is 6.92 Å². The molecule has 0 aromatic rings. The maximum atomic E-state index is 10.6. The lowest BCUT2D eigenvalue weighted by atomic mass is 10.0. The number of rotatable bonds is 3. The van der Waals surface area contributed by atoms with Gasteiger partial charge in [-0.3, -0.25) is 4.79 Å². The second-order valence-corrected chi connectivity index (χ2v) is 2.11. The Kier molecular flexibility index (Phi) is 3.17. The summed E-state index contributed by atoms with van der Waals surface area (Å²) in [5.74, 6) is -0.440. The molecular weight excluding hydrogens is 116 g/mol. The molecule has 0 aromatic carbocycles. The van der Waals surface area contributed by atoms with Gasteiger partial charge >= 0.3 is 0 Å². The Hall–Kier alpha value is -0.630. The highest BCUT2D eigenvalue weighted by Gasteiger charge is 2.14. The summed E-state index contributed by atoms with van der Waals surface area (Å²) in [6, 6.07) is 0. The minimum Gasteiger partial charge on any atom is -0.392 e. The van der Waals surface area contributed by atoms with Crippen molar-refractivity contribution in [2.75, 3.05) is 0 Å². The van der Waals surface area contributed by atoms with Crippen LogP contribution < -0.4 is 0 Å². The van der Waals surface area contributed by atoms with E-state index in [4.69, 9.17) is 5.11 Å². The summed E-state index contributed by atoms with van der Waals surface area (Å²) >= 11 is 0. The van der Waals surface area contributed by atoms with Crippen molar-refractivity contribution in [3.05, 3.63) is 12.7 Å². The molecule has 0 aliphatic rings. The van der Waals surface area contributed by atoms with E-state index in [0.29, 0.717) is 0 Å². The third kappa shape index (κ3) is 2.42.